The van der Waals surface area contributed by atoms with Crippen LogP contribution in [0.1, 0.15) is 66.2 Å². The van der Waals surface area contributed by atoms with Crippen molar-refractivity contribution >= 4 is 0 Å². The highest BCUT2D eigenvalue weighted by Crippen LogP contribution is 2.48. The molecular formula is C17H30F2. The zero-order valence-corrected chi connectivity index (χ0v) is 13.0. The summed E-state index contributed by atoms with van der Waals surface area (Å²) >= 11 is 0. The molecule has 2 heteroatoms. The molecule has 1 saturated carbocycles. The first-order valence-electron chi connectivity index (χ1n) is 7.74. The smallest absolute Gasteiger partial charge is 0.202 e. The minimum atomic E-state index is -2.71. The highest BCUT2D eigenvalue weighted by atomic mass is 19.3. The van der Waals surface area contributed by atoms with Crippen LogP contribution >= 0.6 is 0 Å². The summed E-state index contributed by atoms with van der Waals surface area (Å²) in [5.74, 6) is -1.71. The Labute approximate surface area is 117 Å². The molecule has 0 aromatic heterocycles. The van der Waals surface area contributed by atoms with Crippen LogP contribution < -0.4 is 0 Å². The molecule has 0 aromatic rings. The Kier molecular flexibility index (Phi) is 5.58. The Hall–Kier alpha value is -0.400. The van der Waals surface area contributed by atoms with Gasteiger partial charge in [0.05, 0.1) is 0 Å². The van der Waals surface area contributed by atoms with Crippen molar-refractivity contribution in [3.63, 3.8) is 0 Å². The number of allylic oxidation sites excluding steroid dienone is 1. The average Bonchev–Trinajstić information content (AvgIpc) is 2.34. The third kappa shape index (κ3) is 4.03. The summed E-state index contributed by atoms with van der Waals surface area (Å²) in [4.78, 5) is 0. The van der Waals surface area contributed by atoms with Gasteiger partial charge in [-0.1, -0.05) is 53.5 Å². The number of hydrogen-bond acceptors (Lipinski definition) is 0. The molecule has 0 aromatic carbocycles. The van der Waals surface area contributed by atoms with Crippen LogP contribution in [0.15, 0.2) is 12.7 Å². The minimum absolute atomic E-state index is 0.0278. The van der Waals surface area contributed by atoms with Crippen molar-refractivity contribution in [2.75, 3.05) is 0 Å². The van der Waals surface area contributed by atoms with Crippen molar-refractivity contribution in [3.05, 3.63) is 12.7 Å². The van der Waals surface area contributed by atoms with Crippen molar-refractivity contribution in [3.8, 4) is 0 Å². The van der Waals surface area contributed by atoms with E-state index in [-0.39, 0.29) is 17.8 Å². The summed E-state index contributed by atoms with van der Waals surface area (Å²) in [5.41, 5.74) is 0.183. The van der Waals surface area contributed by atoms with E-state index in [2.05, 4.69) is 34.3 Å². The zero-order chi connectivity index (χ0) is 14.7. The van der Waals surface area contributed by atoms with Crippen LogP contribution in [0.25, 0.3) is 0 Å². The summed E-state index contributed by atoms with van der Waals surface area (Å²) in [5, 5.41) is 0. The fourth-order valence-electron chi connectivity index (χ4n) is 3.63. The quantitative estimate of drug-likeness (QED) is 0.544. The van der Waals surface area contributed by atoms with Crippen LogP contribution in [0.5, 0.6) is 0 Å². The molecule has 112 valence electrons. The number of alkyl halides is 2. The van der Waals surface area contributed by atoms with Gasteiger partial charge in [-0.2, -0.15) is 0 Å². The Balaban J connectivity index is 2.91. The van der Waals surface area contributed by atoms with Crippen molar-refractivity contribution < 1.29 is 8.78 Å². The first-order chi connectivity index (χ1) is 8.73. The van der Waals surface area contributed by atoms with E-state index in [1.165, 1.54) is 19.3 Å². The summed E-state index contributed by atoms with van der Waals surface area (Å²) < 4.78 is 27.4. The molecule has 3 unspecified atom stereocenters. The lowest BCUT2D eigenvalue weighted by molar-refractivity contribution is -0.0196. The zero-order valence-electron chi connectivity index (χ0n) is 13.0. The molecule has 1 rings (SSSR count). The first-order valence-corrected chi connectivity index (χ1v) is 7.74. The Morgan fingerprint density at radius 1 is 1.32 bits per heavy atom. The van der Waals surface area contributed by atoms with E-state index in [4.69, 9.17) is 0 Å². The van der Waals surface area contributed by atoms with E-state index in [1.54, 1.807) is 0 Å². The van der Waals surface area contributed by atoms with Gasteiger partial charge in [-0.15, -0.1) is 0 Å². The van der Waals surface area contributed by atoms with Crippen LogP contribution in [0.3, 0.4) is 0 Å². The lowest BCUT2D eigenvalue weighted by Crippen LogP contribution is -2.38. The molecule has 0 nitrogen and oxygen atoms in total. The summed E-state index contributed by atoms with van der Waals surface area (Å²) in [6.45, 7) is 12.2. The summed E-state index contributed by atoms with van der Waals surface area (Å²) in [7, 11) is 0. The molecule has 0 bridgehead atoms. The predicted octanol–water partition coefficient (Wildman–Crippen LogP) is 6.08. The minimum Gasteiger partial charge on any atom is -0.202 e. The van der Waals surface area contributed by atoms with Gasteiger partial charge in [0.2, 0.25) is 0 Å². The molecule has 3 atom stereocenters. The normalized spacial score (nSPS) is 33.8. The van der Waals surface area contributed by atoms with Gasteiger partial charge in [-0.25, -0.2) is 8.78 Å². The topological polar surface area (TPSA) is 0 Å². The molecule has 0 amide bonds. The van der Waals surface area contributed by atoms with Crippen LogP contribution in [0.4, 0.5) is 8.78 Å². The van der Waals surface area contributed by atoms with Gasteiger partial charge in [0, 0.05) is 6.42 Å². The Morgan fingerprint density at radius 2 is 1.95 bits per heavy atom. The molecule has 0 N–H and O–H groups in total. The highest BCUT2D eigenvalue weighted by molar-refractivity contribution is 4.94. The largest absolute Gasteiger partial charge is 0.266 e. The van der Waals surface area contributed by atoms with E-state index < -0.39 is 5.92 Å². The molecule has 0 saturated heterocycles. The molecule has 0 radical (unpaired) electrons. The Morgan fingerprint density at radius 3 is 2.47 bits per heavy atom. The molecule has 1 fully saturated rings. The molecule has 0 aliphatic heterocycles. The van der Waals surface area contributed by atoms with Crippen molar-refractivity contribution in [2.24, 2.45) is 23.2 Å². The van der Waals surface area contributed by atoms with Gasteiger partial charge in [-0.05, 0) is 42.1 Å². The van der Waals surface area contributed by atoms with Gasteiger partial charge >= 0.3 is 0 Å². The van der Waals surface area contributed by atoms with Crippen molar-refractivity contribution in [1.29, 1.82) is 0 Å². The lowest BCUT2D eigenvalue weighted by Gasteiger charge is -2.45. The second-order valence-corrected chi connectivity index (χ2v) is 6.98. The number of rotatable bonds is 4. The number of hydrogen-bond donors (Lipinski definition) is 0. The third-order valence-corrected chi connectivity index (χ3v) is 5.69. The molecule has 0 spiro atoms. The number of halogens is 2. The van der Waals surface area contributed by atoms with Crippen LogP contribution in [-0.2, 0) is 0 Å². The fraction of sp³-hybridized carbons (Fsp3) is 0.882. The first kappa shape index (κ1) is 16.7. The molecule has 19 heavy (non-hydrogen) atoms. The second kappa shape index (κ2) is 6.37. The lowest BCUT2D eigenvalue weighted by atomic mass is 9.60. The standard InChI is InChI=1S/C17H30F2/c1-6-17(18,19)12-15-10-8-7-9-11-16(5,13(2)3)14(15)4/h6,13-15H,1,7-12H2,2-5H3. The monoisotopic (exact) mass is 272 g/mol. The van der Waals surface area contributed by atoms with Gasteiger partial charge < -0.3 is 0 Å². The second-order valence-electron chi connectivity index (χ2n) is 6.98. The molecule has 1 aliphatic rings. The maximum absolute atomic E-state index is 13.7. The van der Waals surface area contributed by atoms with Crippen LogP contribution in [0.2, 0.25) is 0 Å². The maximum atomic E-state index is 13.7. The average molecular weight is 272 g/mol. The third-order valence-electron chi connectivity index (χ3n) is 5.69. The fourth-order valence-corrected chi connectivity index (χ4v) is 3.63. The summed E-state index contributed by atoms with van der Waals surface area (Å²) in [6.07, 6.45) is 6.42. The van der Waals surface area contributed by atoms with E-state index in [0.29, 0.717) is 11.8 Å². The van der Waals surface area contributed by atoms with E-state index in [0.717, 1.165) is 18.9 Å². The van der Waals surface area contributed by atoms with Crippen molar-refractivity contribution in [1.82, 2.24) is 0 Å². The van der Waals surface area contributed by atoms with Gasteiger partial charge in [0.1, 0.15) is 0 Å². The van der Waals surface area contributed by atoms with E-state index >= 15 is 0 Å². The van der Waals surface area contributed by atoms with E-state index in [9.17, 15) is 8.78 Å². The van der Waals surface area contributed by atoms with Crippen LogP contribution in [0, 0.1) is 23.2 Å². The van der Waals surface area contributed by atoms with Crippen LogP contribution in [-0.4, -0.2) is 5.92 Å². The Bertz CT molecular complexity index is 296. The molecule has 1 aliphatic carbocycles. The van der Waals surface area contributed by atoms with Gasteiger partial charge in [0.25, 0.3) is 5.92 Å². The molecule has 0 heterocycles. The van der Waals surface area contributed by atoms with E-state index in [1.807, 2.05) is 0 Å². The SMILES string of the molecule is C=CC(F)(F)CC1CCCCCC(C)(C(C)C)C1C. The van der Waals surface area contributed by atoms with Gasteiger partial charge in [0.15, 0.2) is 0 Å². The van der Waals surface area contributed by atoms with Gasteiger partial charge in [-0.3, -0.25) is 0 Å². The van der Waals surface area contributed by atoms with Crippen molar-refractivity contribution in [2.45, 2.75) is 72.1 Å². The molecular weight excluding hydrogens is 242 g/mol. The highest BCUT2D eigenvalue weighted by Gasteiger charge is 2.42. The predicted molar refractivity (Wildman–Crippen MR) is 78.4 cm³/mol. The summed E-state index contributed by atoms with van der Waals surface area (Å²) in [6, 6.07) is 0. The maximum Gasteiger partial charge on any atom is 0.266 e.